The van der Waals surface area contributed by atoms with Crippen molar-refractivity contribution in [2.24, 2.45) is 5.41 Å². The van der Waals surface area contributed by atoms with Crippen LogP contribution >= 0.6 is 0 Å². The molecule has 1 atom stereocenters. The highest BCUT2D eigenvalue weighted by Gasteiger charge is 2.36. The molecule has 0 aromatic rings. The van der Waals surface area contributed by atoms with Crippen molar-refractivity contribution >= 4 is 0 Å². The molecule has 2 aliphatic heterocycles. The first-order valence-electron chi connectivity index (χ1n) is 7.70. The van der Waals surface area contributed by atoms with Gasteiger partial charge in [0.25, 0.3) is 0 Å². The molecule has 0 aromatic carbocycles. The maximum Gasteiger partial charge on any atom is 0.0710 e. The zero-order valence-electron chi connectivity index (χ0n) is 12.8. The molecule has 0 aliphatic carbocycles. The predicted molar refractivity (Wildman–Crippen MR) is 77.5 cm³/mol. The quantitative estimate of drug-likeness (QED) is 0.793. The summed E-state index contributed by atoms with van der Waals surface area (Å²) in [5, 5.41) is 3.64. The van der Waals surface area contributed by atoms with E-state index in [4.69, 9.17) is 9.47 Å². The number of nitrogens with zero attached hydrogens (tertiary/aromatic N) is 1. The average molecular weight is 270 g/mol. The Hall–Kier alpha value is -0.160. The van der Waals surface area contributed by atoms with Gasteiger partial charge in [-0.2, -0.15) is 0 Å². The lowest BCUT2D eigenvalue weighted by molar-refractivity contribution is -0.00418. The van der Waals surface area contributed by atoms with Crippen LogP contribution in [0.25, 0.3) is 0 Å². The molecule has 1 N–H and O–H groups in total. The van der Waals surface area contributed by atoms with E-state index in [1.54, 1.807) is 0 Å². The lowest BCUT2D eigenvalue weighted by atomic mass is 9.79. The van der Waals surface area contributed by atoms with E-state index in [0.29, 0.717) is 17.6 Å². The number of hydrogen-bond donors (Lipinski definition) is 1. The predicted octanol–water partition coefficient (Wildman–Crippen LogP) is 1.50. The third-order valence-corrected chi connectivity index (χ3v) is 4.56. The van der Waals surface area contributed by atoms with Crippen molar-refractivity contribution in [2.45, 2.75) is 45.3 Å². The second-order valence-corrected chi connectivity index (χ2v) is 6.53. The summed E-state index contributed by atoms with van der Waals surface area (Å²) >= 11 is 0. The second kappa shape index (κ2) is 7.02. The summed E-state index contributed by atoms with van der Waals surface area (Å²) in [6, 6.07) is 0.560. The van der Waals surface area contributed by atoms with Crippen molar-refractivity contribution in [2.75, 3.05) is 46.5 Å². The van der Waals surface area contributed by atoms with Crippen molar-refractivity contribution in [3.63, 3.8) is 0 Å². The Bertz CT molecular complexity index is 265. The van der Waals surface area contributed by atoms with Gasteiger partial charge in [0.05, 0.1) is 6.10 Å². The molecule has 0 radical (unpaired) electrons. The number of nitrogens with one attached hydrogen (secondary N) is 1. The van der Waals surface area contributed by atoms with Crippen LogP contribution in [0.3, 0.4) is 0 Å². The van der Waals surface area contributed by atoms with Crippen LogP contribution in [-0.2, 0) is 9.47 Å². The molecular formula is C15H30N2O2. The van der Waals surface area contributed by atoms with Gasteiger partial charge in [0, 0.05) is 52.5 Å². The molecular weight excluding hydrogens is 240 g/mol. The zero-order chi connectivity index (χ0) is 13.7. The number of hydrogen-bond acceptors (Lipinski definition) is 4. The highest BCUT2D eigenvalue weighted by molar-refractivity contribution is 4.90. The molecule has 0 aromatic heterocycles. The van der Waals surface area contributed by atoms with Crippen molar-refractivity contribution in [3.05, 3.63) is 0 Å². The number of ether oxygens (including phenoxy) is 2. The Labute approximate surface area is 117 Å². The molecule has 1 unspecified atom stereocenters. The first-order valence-corrected chi connectivity index (χ1v) is 7.70. The van der Waals surface area contributed by atoms with Crippen LogP contribution in [0.2, 0.25) is 0 Å². The molecule has 2 heterocycles. The number of methoxy groups -OCH3 is 1. The molecule has 19 heavy (non-hydrogen) atoms. The van der Waals surface area contributed by atoms with Gasteiger partial charge in [-0.05, 0) is 24.7 Å². The fraction of sp³-hybridized carbons (Fsp3) is 1.00. The Kier molecular flexibility index (Phi) is 5.63. The first-order chi connectivity index (χ1) is 9.13. The minimum absolute atomic E-state index is 0.394. The molecule has 0 spiro atoms. The van der Waals surface area contributed by atoms with Crippen LogP contribution in [0, 0.1) is 5.41 Å². The van der Waals surface area contributed by atoms with Gasteiger partial charge in [0.15, 0.2) is 0 Å². The molecule has 2 aliphatic rings. The van der Waals surface area contributed by atoms with Crippen LogP contribution in [-0.4, -0.2) is 63.5 Å². The zero-order valence-corrected chi connectivity index (χ0v) is 12.8. The van der Waals surface area contributed by atoms with Crippen molar-refractivity contribution < 1.29 is 9.47 Å². The summed E-state index contributed by atoms with van der Waals surface area (Å²) in [6.07, 6.45) is 3.98. The molecule has 0 amide bonds. The van der Waals surface area contributed by atoms with Crippen molar-refractivity contribution in [1.29, 1.82) is 0 Å². The minimum Gasteiger partial charge on any atom is -0.381 e. The smallest absolute Gasteiger partial charge is 0.0710 e. The molecule has 4 heteroatoms. The monoisotopic (exact) mass is 270 g/mol. The van der Waals surface area contributed by atoms with Crippen LogP contribution in [0.5, 0.6) is 0 Å². The fourth-order valence-corrected chi connectivity index (χ4v) is 3.22. The van der Waals surface area contributed by atoms with E-state index in [1.807, 2.05) is 7.11 Å². The topological polar surface area (TPSA) is 33.7 Å². The standard InChI is InChI=1S/C15H30N2O2/c1-13(2)16-11-15(5-8-19-9-6-15)12-17-7-4-14(10-17)18-3/h13-14,16H,4-12H2,1-3H3. The Balaban J connectivity index is 1.89. The fourth-order valence-electron chi connectivity index (χ4n) is 3.22. The van der Waals surface area contributed by atoms with Crippen LogP contribution < -0.4 is 5.32 Å². The summed E-state index contributed by atoms with van der Waals surface area (Å²) in [5.41, 5.74) is 0.394. The minimum atomic E-state index is 0.394. The summed E-state index contributed by atoms with van der Waals surface area (Å²) in [7, 11) is 1.83. The van der Waals surface area contributed by atoms with Crippen molar-refractivity contribution in [3.8, 4) is 0 Å². The van der Waals surface area contributed by atoms with Crippen LogP contribution in [0.4, 0.5) is 0 Å². The van der Waals surface area contributed by atoms with Gasteiger partial charge in [-0.1, -0.05) is 13.8 Å². The SMILES string of the molecule is COC1CCN(CC2(CNC(C)C)CCOCC2)C1. The third-order valence-electron chi connectivity index (χ3n) is 4.56. The highest BCUT2D eigenvalue weighted by Crippen LogP contribution is 2.32. The summed E-state index contributed by atoms with van der Waals surface area (Å²) in [6.45, 7) is 10.9. The second-order valence-electron chi connectivity index (χ2n) is 6.53. The largest absolute Gasteiger partial charge is 0.381 e. The Morgan fingerprint density at radius 1 is 1.37 bits per heavy atom. The van der Waals surface area contributed by atoms with E-state index in [0.717, 1.165) is 26.3 Å². The maximum atomic E-state index is 5.57. The van der Waals surface area contributed by atoms with Crippen molar-refractivity contribution in [1.82, 2.24) is 10.2 Å². The summed E-state index contributed by atoms with van der Waals surface area (Å²) < 4.78 is 11.0. The van der Waals surface area contributed by atoms with E-state index in [1.165, 1.54) is 32.4 Å². The number of likely N-dealkylation sites (tertiary alicyclic amines) is 1. The first kappa shape index (κ1) is 15.2. The van der Waals surface area contributed by atoms with E-state index < -0.39 is 0 Å². The van der Waals surface area contributed by atoms with Gasteiger partial charge >= 0.3 is 0 Å². The van der Waals surface area contributed by atoms with Gasteiger partial charge in [-0.25, -0.2) is 0 Å². The lowest BCUT2D eigenvalue weighted by Gasteiger charge is -2.40. The normalized spacial score (nSPS) is 28.1. The third kappa shape index (κ3) is 4.42. The molecule has 2 rings (SSSR count). The molecule has 112 valence electrons. The molecule has 2 fully saturated rings. The lowest BCUT2D eigenvalue weighted by Crippen LogP contribution is -2.48. The van der Waals surface area contributed by atoms with E-state index in [2.05, 4.69) is 24.1 Å². The van der Waals surface area contributed by atoms with Gasteiger partial charge in [-0.3, -0.25) is 0 Å². The molecule has 0 bridgehead atoms. The maximum absolute atomic E-state index is 5.57. The highest BCUT2D eigenvalue weighted by atomic mass is 16.5. The van der Waals surface area contributed by atoms with E-state index in [9.17, 15) is 0 Å². The van der Waals surface area contributed by atoms with Gasteiger partial charge in [-0.15, -0.1) is 0 Å². The van der Waals surface area contributed by atoms with E-state index in [-0.39, 0.29) is 0 Å². The molecule has 0 saturated carbocycles. The average Bonchev–Trinajstić information content (AvgIpc) is 2.85. The number of rotatable bonds is 6. The molecule has 4 nitrogen and oxygen atoms in total. The summed E-state index contributed by atoms with van der Waals surface area (Å²) in [4.78, 5) is 2.58. The van der Waals surface area contributed by atoms with Gasteiger partial charge < -0.3 is 19.7 Å². The van der Waals surface area contributed by atoms with Crippen LogP contribution in [0.15, 0.2) is 0 Å². The summed E-state index contributed by atoms with van der Waals surface area (Å²) in [5.74, 6) is 0. The van der Waals surface area contributed by atoms with Gasteiger partial charge in [0.2, 0.25) is 0 Å². The van der Waals surface area contributed by atoms with Crippen LogP contribution in [0.1, 0.15) is 33.1 Å². The Morgan fingerprint density at radius 2 is 2.11 bits per heavy atom. The van der Waals surface area contributed by atoms with Gasteiger partial charge in [0.1, 0.15) is 0 Å². The Morgan fingerprint density at radius 3 is 2.68 bits per heavy atom. The van der Waals surface area contributed by atoms with E-state index >= 15 is 0 Å². The molecule has 2 saturated heterocycles.